The van der Waals surface area contributed by atoms with Crippen molar-refractivity contribution in [2.24, 2.45) is 10.4 Å². The highest BCUT2D eigenvalue weighted by atomic mass is 15.2. The Kier molecular flexibility index (Phi) is 5.45. The molecular formula is C14H30N4. The van der Waals surface area contributed by atoms with E-state index in [-0.39, 0.29) is 5.41 Å². The van der Waals surface area contributed by atoms with Crippen LogP contribution in [0.5, 0.6) is 0 Å². The van der Waals surface area contributed by atoms with Gasteiger partial charge in [-0.25, -0.2) is 0 Å². The largest absolute Gasteiger partial charge is 0.356 e. The summed E-state index contributed by atoms with van der Waals surface area (Å²) in [5.41, 5.74) is 0.285. The molecule has 1 heterocycles. The highest BCUT2D eigenvalue weighted by molar-refractivity contribution is 5.80. The predicted octanol–water partition coefficient (Wildman–Crippen LogP) is 1.68. The summed E-state index contributed by atoms with van der Waals surface area (Å²) in [6.07, 6.45) is 0. The van der Waals surface area contributed by atoms with Gasteiger partial charge in [-0.05, 0) is 27.7 Å². The molecule has 0 spiro atoms. The Morgan fingerprint density at radius 2 is 1.89 bits per heavy atom. The second-order valence-corrected chi connectivity index (χ2v) is 6.53. The van der Waals surface area contributed by atoms with E-state index in [9.17, 15) is 0 Å². The molecule has 0 saturated carbocycles. The van der Waals surface area contributed by atoms with E-state index in [4.69, 9.17) is 0 Å². The first-order valence-corrected chi connectivity index (χ1v) is 7.10. The van der Waals surface area contributed by atoms with Crippen molar-refractivity contribution in [1.29, 1.82) is 0 Å². The van der Waals surface area contributed by atoms with Gasteiger partial charge >= 0.3 is 0 Å². The van der Waals surface area contributed by atoms with Gasteiger partial charge in [-0.1, -0.05) is 13.8 Å². The van der Waals surface area contributed by atoms with E-state index in [0.29, 0.717) is 12.1 Å². The molecule has 0 aromatic rings. The van der Waals surface area contributed by atoms with Gasteiger partial charge in [-0.2, -0.15) is 0 Å². The summed E-state index contributed by atoms with van der Waals surface area (Å²) in [6.45, 7) is 17.4. The molecule has 106 valence electrons. The van der Waals surface area contributed by atoms with Crippen molar-refractivity contribution < 1.29 is 0 Å². The van der Waals surface area contributed by atoms with E-state index < -0.39 is 0 Å². The number of nitrogens with zero attached hydrogens (tertiary/aromatic N) is 2. The summed E-state index contributed by atoms with van der Waals surface area (Å²) < 4.78 is 0. The van der Waals surface area contributed by atoms with Gasteiger partial charge in [0.25, 0.3) is 0 Å². The van der Waals surface area contributed by atoms with Gasteiger partial charge in [-0.3, -0.25) is 9.89 Å². The van der Waals surface area contributed by atoms with Gasteiger partial charge in [0.15, 0.2) is 5.96 Å². The van der Waals surface area contributed by atoms with Crippen molar-refractivity contribution >= 4 is 5.96 Å². The van der Waals surface area contributed by atoms with E-state index in [1.165, 1.54) is 0 Å². The van der Waals surface area contributed by atoms with Crippen LogP contribution in [0.1, 0.15) is 41.5 Å². The molecule has 4 nitrogen and oxygen atoms in total. The van der Waals surface area contributed by atoms with Crippen molar-refractivity contribution in [1.82, 2.24) is 15.5 Å². The lowest BCUT2D eigenvalue weighted by molar-refractivity contribution is 0.178. The minimum absolute atomic E-state index is 0.285. The van der Waals surface area contributed by atoms with Crippen LogP contribution in [0.15, 0.2) is 4.99 Å². The minimum Gasteiger partial charge on any atom is -0.356 e. The van der Waals surface area contributed by atoms with Gasteiger partial charge < -0.3 is 10.6 Å². The van der Waals surface area contributed by atoms with Gasteiger partial charge in [0.1, 0.15) is 0 Å². The average molecular weight is 254 g/mol. The molecule has 1 aliphatic heterocycles. The van der Waals surface area contributed by atoms with Crippen molar-refractivity contribution in [2.45, 2.75) is 53.6 Å². The number of rotatable bonds is 5. The van der Waals surface area contributed by atoms with Crippen LogP contribution in [0.25, 0.3) is 0 Å². The van der Waals surface area contributed by atoms with E-state index in [2.05, 4.69) is 62.1 Å². The third kappa shape index (κ3) is 4.84. The molecule has 0 saturated heterocycles. The molecule has 0 bridgehead atoms. The Morgan fingerprint density at radius 3 is 2.33 bits per heavy atom. The molecule has 0 radical (unpaired) electrons. The zero-order valence-electron chi connectivity index (χ0n) is 12.9. The monoisotopic (exact) mass is 254 g/mol. The molecule has 0 atom stereocenters. The third-order valence-corrected chi connectivity index (χ3v) is 3.39. The molecule has 0 fully saturated rings. The van der Waals surface area contributed by atoms with Crippen LogP contribution < -0.4 is 10.6 Å². The summed E-state index contributed by atoms with van der Waals surface area (Å²) in [7, 11) is 0. The molecule has 0 aliphatic carbocycles. The SMILES string of the molecule is CC(C)N(CCNC1=NCC(C)(C)CN1)C(C)C. The van der Waals surface area contributed by atoms with Gasteiger partial charge in [0.05, 0.1) is 0 Å². The summed E-state index contributed by atoms with van der Waals surface area (Å²) in [4.78, 5) is 7.03. The van der Waals surface area contributed by atoms with Gasteiger partial charge in [-0.15, -0.1) is 0 Å². The first-order valence-electron chi connectivity index (χ1n) is 7.10. The van der Waals surface area contributed by atoms with Crippen molar-refractivity contribution in [2.75, 3.05) is 26.2 Å². The van der Waals surface area contributed by atoms with E-state index in [0.717, 1.165) is 32.1 Å². The summed E-state index contributed by atoms with van der Waals surface area (Å²) in [5, 5.41) is 6.76. The maximum absolute atomic E-state index is 4.54. The van der Waals surface area contributed by atoms with Crippen LogP contribution in [-0.4, -0.2) is 49.1 Å². The van der Waals surface area contributed by atoms with E-state index in [1.54, 1.807) is 0 Å². The maximum atomic E-state index is 4.54. The van der Waals surface area contributed by atoms with Crippen LogP contribution in [0.4, 0.5) is 0 Å². The Hall–Kier alpha value is -0.770. The van der Waals surface area contributed by atoms with E-state index >= 15 is 0 Å². The standard InChI is InChI=1S/C14H30N4/c1-11(2)18(12(3)4)8-7-15-13-16-9-14(5,6)10-17-13/h11-12H,7-10H2,1-6H3,(H2,15,16,17). The average Bonchev–Trinajstić information content (AvgIpc) is 2.25. The highest BCUT2D eigenvalue weighted by Gasteiger charge is 2.22. The minimum atomic E-state index is 0.285. The Balaban J connectivity index is 2.32. The predicted molar refractivity (Wildman–Crippen MR) is 79.1 cm³/mol. The highest BCUT2D eigenvalue weighted by Crippen LogP contribution is 2.15. The zero-order chi connectivity index (χ0) is 13.8. The molecule has 0 unspecified atom stereocenters. The second kappa shape index (κ2) is 6.41. The zero-order valence-corrected chi connectivity index (χ0v) is 12.9. The summed E-state index contributed by atoms with van der Waals surface area (Å²) in [5.74, 6) is 0.960. The molecule has 1 aliphatic rings. The molecule has 0 amide bonds. The van der Waals surface area contributed by atoms with Crippen molar-refractivity contribution in [3.63, 3.8) is 0 Å². The molecule has 0 aromatic heterocycles. The van der Waals surface area contributed by atoms with Crippen LogP contribution >= 0.6 is 0 Å². The first-order chi connectivity index (χ1) is 8.32. The number of hydrogen-bond acceptors (Lipinski definition) is 4. The summed E-state index contributed by atoms with van der Waals surface area (Å²) in [6, 6.07) is 1.18. The summed E-state index contributed by atoms with van der Waals surface area (Å²) >= 11 is 0. The number of aliphatic imine (C=N–C) groups is 1. The molecule has 0 aromatic carbocycles. The van der Waals surface area contributed by atoms with Crippen LogP contribution in [0, 0.1) is 5.41 Å². The molecule has 18 heavy (non-hydrogen) atoms. The van der Waals surface area contributed by atoms with E-state index in [1.807, 2.05) is 0 Å². The van der Waals surface area contributed by atoms with Gasteiger partial charge in [0, 0.05) is 43.7 Å². The second-order valence-electron chi connectivity index (χ2n) is 6.53. The number of guanidine groups is 1. The normalized spacial score (nSPS) is 19.1. The maximum Gasteiger partial charge on any atom is 0.191 e. The Morgan fingerprint density at radius 1 is 1.28 bits per heavy atom. The fourth-order valence-corrected chi connectivity index (χ4v) is 2.26. The smallest absolute Gasteiger partial charge is 0.191 e. The van der Waals surface area contributed by atoms with Crippen molar-refractivity contribution in [3.05, 3.63) is 0 Å². The molecular weight excluding hydrogens is 224 g/mol. The third-order valence-electron chi connectivity index (χ3n) is 3.39. The lowest BCUT2D eigenvalue weighted by Gasteiger charge is -2.32. The Bertz CT molecular complexity index is 274. The quantitative estimate of drug-likeness (QED) is 0.784. The number of hydrogen-bond donors (Lipinski definition) is 2. The van der Waals surface area contributed by atoms with Crippen LogP contribution in [-0.2, 0) is 0 Å². The molecule has 2 N–H and O–H groups in total. The fourth-order valence-electron chi connectivity index (χ4n) is 2.26. The molecule has 1 rings (SSSR count). The Labute approximate surface area is 112 Å². The lowest BCUT2D eigenvalue weighted by atomic mass is 9.93. The first kappa shape index (κ1) is 15.3. The van der Waals surface area contributed by atoms with Crippen LogP contribution in [0.2, 0.25) is 0 Å². The topological polar surface area (TPSA) is 39.7 Å². The van der Waals surface area contributed by atoms with Crippen molar-refractivity contribution in [3.8, 4) is 0 Å². The van der Waals surface area contributed by atoms with Crippen LogP contribution in [0.3, 0.4) is 0 Å². The fraction of sp³-hybridized carbons (Fsp3) is 0.929. The number of nitrogens with one attached hydrogen (secondary N) is 2. The molecule has 4 heteroatoms. The van der Waals surface area contributed by atoms with Gasteiger partial charge in [0.2, 0.25) is 0 Å². The lowest BCUT2D eigenvalue weighted by Crippen LogP contribution is -2.49.